The van der Waals surface area contributed by atoms with E-state index in [9.17, 15) is 4.79 Å². The summed E-state index contributed by atoms with van der Waals surface area (Å²) in [5.74, 6) is 0.817. The molecule has 2 N–H and O–H groups in total. The molecule has 0 aromatic carbocycles. The lowest BCUT2D eigenvalue weighted by Gasteiger charge is -2.40. The topological polar surface area (TPSA) is 41.1 Å². The van der Waals surface area contributed by atoms with Crippen molar-refractivity contribution in [2.24, 2.45) is 11.3 Å². The van der Waals surface area contributed by atoms with E-state index in [1.165, 1.54) is 19.3 Å². The van der Waals surface area contributed by atoms with Gasteiger partial charge >= 0.3 is 0 Å². The third-order valence-corrected chi connectivity index (χ3v) is 4.13. The Morgan fingerprint density at radius 1 is 1.21 bits per heavy atom. The Hall–Kier alpha value is -0.570. The van der Waals surface area contributed by atoms with Gasteiger partial charge in [0.1, 0.15) is 0 Å². The Balaban J connectivity index is 2.42. The second kappa shape index (κ2) is 7.28. The fraction of sp³-hybridized carbons (Fsp3) is 0.938. The highest BCUT2D eigenvalue weighted by Gasteiger charge is 2.34. The van der Waals surface area contributed by atoms with Crippen LogP contribution in [0.5, 0.6) is 0 Å². The third-order valence-electron chi connectivity index (χ3n) is 4.13. The fourth-order valence-corrected chi connectivity index (χ4v) is 3.09. The van der Waals surface area contributed by atoms with Gasteiger partial charge < -0.3 is 10.6 Å². The molecule has 2 unspecified atom stereocenters. The minimum atomic E-state index is 0.203. The van der Waals surface area contributed by atoms with Crippen LogP contribution in [0.15, 0.2) is 0 Å². The van der Waals surface area contributed by atoms with Gasteiger partial charge in [-0.25, -0.2) is 0 Å². The van der Waals surface area contributed by atoms with Crippen LogP contribution in [-0.2, 0) is 4.79 Å². The van der Waals surface area contributed by atoms with Gasteiger partial charge in [-0.3, -0.25) is 4.79 Å². The maximum absolute atomic E-state index is 12.0. The number of nitrogens with one attached hydrogen (secondary N) is 2. The van der Waals surface area contributed by atoms with Gasteiger partial charge in [-0.1, -0.05) is 47.5 Å². The minimum absolute atomic E-state index is 0.203. The van der Waals surface area contributed by atoms with Crippen LogP contribution in [0.2, 0.25) is 0 Å². The smallest absolute Gasteiger partial charge is 0.221 e. The normalized spacial score (nSPS) is 24.5. The van der Waals surface area contributed by atoms with Gasteiger partial charge in [0, 0.05) is 25.0 Å². The molecule has 1 aliphatic carbocycles. The van der Waals surface area contributed by atoms with Crippen LogP contribution < -0.4 is 10.6 Å². The maximum atomic E-state index is 12.0. The monoisotopic (exact) mass is 268 g/mol. The SMILES string of the molecule is CC(C)NCCC(=O)NC1CCCCC1C(C)(C)C. The number of carbonyl (C=O) groups excluding carboxylic acids is 1. The van der Waals surface area contributed by atoms with Gasteiger partial charge in [0.05, 0.1) is 0 Å². The predicted molar refractivity (Wildman–Crippen MR) is 81.1 cm³/mol. The Bertz CT molecular complexity index is 281. The highest BCUT2D eigenvalue weighted by Crippen LogP contribution is 2.37. The Labute approximate surface area is 118 Å². The van der Waals surface area contributed by atoms with E-state index >= 15 is 0 Å². The summed E-state index contributed by atoms with van der Waals surface area (Å²) in [6, 6.07) is 0.824. The molecule has 1 amide bonds. The second-order valence-electron chi connectivity index (χ2n) is 7.29. The average Bonchev–Trinajstić information content (AvgIpc) is 2.27. The standard InChI is InChI=1S/C16H32N2O/c1-12(2)17-11-10-15(19)18-14-9-7-6-8-13(14)16(3,4)5/h12-14,17H,6-11H2,1-5H3,(H,18,19). The van der Waals surface area contributed by atoms with Crippen molar-refractivity contribution >= 4 is 5.91 Å². The molecule has 0 aromatic rings. The maximum Gasteiger partial charge on any atom is 0.221 e. The van der Waals surface area contributed by atoms with E-state index in [0.29, 0.717) is 24.4 Å². The molecule has 1 fully saturated rings. The summed E-state index contributed by atoms with van der Waals surface area (Å²) in [5, 5.41) is 6.56. The molecule has 3 heteroatoms. The summed E-state index contributed by atoms with van der Waals surface area (Å²) < 4.78 is 0. The van der Waals surface area contributed by atoms with Crippen LogP contribution in [-0.4, -0.2) is 24.5 Å². The predicted octanol–water partition coefficient (Wildman–Crippen LogP) is 3.10. The first-order valence-corrected chi connectivity index (χ1v) is 7.83. The van der Waals surface area contributed by atoms with E-state index in [4.69, 9.17) is 0 Å². The lowest BCUT2D eigenvalue weighted by Crippen LogP contribution is -2.47. The fourth-order valence-electron chi connectivity index (χ4n) is 3.09. The van der Waals surface area contributed by atoms with Crippen molar-refractivity contribution in [3.05, 3.63) is 0 Å². The number of hydrogen-bond donors (Lipinski definition) is 2. The lowest BCUT2D eigenvalue weighted by molar-refractivity contribution is -0.122. The summed E-state index contributed by atoms with van der Waals surface area (Å²) in [6.45, 7) is 11.9. The van der Waals surface area contributed by atoms with Gasteiger partial charge in [0.2, 0.25) is 5.91 Å². The van der Waals surface area contributed by atoms with Crippen LogP contribution >= 0.6 is 0 Å². The van der Waals surface area contributed by atoms with Gasteiger partial charge in [0.25, 0.3) is 0 Å². The zero-order valence-electron chi connectivity index (χ0n) is 13.4. The first-order valence-electron chi connectivity index (χ1n) is 7.83. The molecule has 0 saturated heterocycles. The molecule has 3 nitrogen and oxygen atoms in total. The van der Waals surface area contributed by atoms with Gasteiger partial charge in [-0.15, -0.1) is 0 Å². The summed E-state index contributed by atoms with van der Waals surface area (Å²) in [4.78, 5) is 12.0. The van der Waals surface area contributed by atoms with Crippen molar-refractivity contribution in [2.45, 2.75) is 78.8 Å². The number of amides is 1. The summed E-state index contributed by atoms with van der Waals surface area (Å²) in [5.41, 5.74) is 0.286. The molecule has 0 spiro atoms. The van der Waals surface area contributed by atoms with Crippen LogP contribution in [0.4, 0.5) is 0 Å². The Morgan fingerprint density at radius 3 is 2.42 bits per heavy atom. The molecule has 1 rings (SSSR count). The van der Waals surface area contributed by atoms with Crippen molar-refractivity contribution < 1.29 is 4.79 Å². The van der Waals surface area contributed by atoms with Crippen molar-refractivity contribution in [3.8, 4) is 0 Å². The summed E-state index contributed by atoms with van der Waals surface area (Å²) >= 11 is 0. The first kappa shape index (κ1) is 16.5. The Kier molecular flexibility index (Phi) is 6.31. The molecule has 0 radical (unpaired) electrons. The zero-order valence-corrected chi connectivity index (χ0v) is 13.4. The van der Waals surface area contributed by atoms with Gasteiger partial charge in [0.15, 0.2) is 0 Å². The average molecular weight is 268 g/mol. The molecule has 2 atom stereocenters. The summed E-state index contributed by atoms with van der Waals surface area (Å²) in [6.07, 6.45) is 5.54. The third kappa shape index (κ3) is 5.94. The Morgan fingerprint density at radius 2 is 1.84 bits per heavy atom. The van der Waals surface area contributed by atoms with Crippen molar-refractivity contribution in [3.63, 3.8) is 0 Å². The lowest BCUT2D eigenvalue weighted by atomic mass is 9.69. The quantitative estimate of drug-likeness (QED) is 0.804. The van der Waals surface area contributed by atoms with Crippen LogP contribution in [0, 0.1) is 11.3 Å². The highest BCUT2D eigenvalue weighted by molar-refractivity contribution is 5.76. The molecular weight excluding hydrogens is 236 g/mol. The van der Waals surface area contributed by atoms with Crippen LogP contribution in [0.3, 0.4) is 0 Å². The second-order valence-corrected chi connectivity index (χ2v) is 7.29. The number of rotatable bonds is 5. The van der Waals surface area contributed by atoms with E-state index in [-0.39, 0.29) is 11.3 Å². The minimum Gasteiger partial charge on any atom is -0.353 e. The molecule has 0 heterocycles. The molecule has 0 aromatic heterocycles. The number of carbonyl (C=O) groups is 1. The van der Waals surface area contributed by atoms with E-state index in [1.807, 2.05) is 0 Å². The highest BCUT2D eigenvalue weighted by atomic mass is 16.1. The molecular formula is C16H32N2O. The molecule has 0 aliphatic heterocycles. The number of hydrogen-bond acceptors (Lipinski definition) is 2. The van der Waals surface area contributed by atoms with Crippen LogP contribution in [0.25, 0.3) is 0 Å². The molecule has 1 saturated carbocycles. The molecule has 0 bridgehead atoms. The summed E-state index contributed by atoms with van der Waals surface area (Å²) in [7, 11) is 0. The molecule has 19 heavy (non-hydrogen) atoms. The van der Waals surface area contributed by atoms with Gasteiger partial charge in [-0.2, -0.15) is 0 Å². The zero-order chi connectivity index (χ0) is 14.5. The van der Waals surface area contributed by atoms with E-state index in [1.54, 1.807) is 0 Å². The van der Waals surface area contributed by atoms with Crippen LogP contribution in [0.1, 0.15) is 66.7 Å². The van der Waals surface area contributed by atoms with E-state index in [2.05, 4.69) is 45.3 Å². The molecule has 112 valence electrons. The first-order chi connectivity index (χ1) is 8.80. The van der Waals surface area contributed by atoms with Crippen molar-refractivity contribution in [2.75, 3.05) is 6.54 Å². The van der Waals surface area contributed by atoms with E-state index < -0.39 is 0 Å². The van der Waals surface area contributed by atoms with Crippen molar-refractivity contribution in [1.82, 2.24) is 10.6 Å². The van der Waals surface area contributed by atoms with Crippen molar-refractivity contribution in [1.29, 1.82) is 0 Å². The van der Waals surface area contributed by atoms with Gasteiger partial charge in [-0.05, 0) is 24.2 Å². The van der Waals surface area contributed by atoms with E-state index in [0.717, 1.165) is 13.0 Å². The largest absolute Gasteiger partial charge is 0.353 e. The molecule has 1 aliphatic rings.